The predicted octanol–water partition coefficient (Wildman–Crippen LogP) is 5.90. The highest BCUT2D eigenvalue weighted by Gasteiger charge is 2.22. The van der Waals surface area contributed by atoms with E-state index in [0.717, 1.165) is 0 Å². The van der Waals surface area contributed by atoms with E-state index in [1.165, 1.54) is 18.2 Å². The normalized spacial score (nSPS) is 11.4. The van der Waals surface area contributed by atoms with Gasteiger partial charge in [-0.15, -0.1) is 0 Å². The number of aromatic nitrogens is 2. The Morgan fingerprint density at radius 1 is 1.20 bits per heavy atom. The Morgan fingerprint density at radius 3 is 2.60 bits per heavy atom. The van der Waals surface area contributed by atoms with Crippen molar-refractivity contribution >= 4 is 23.0 Å². The fourth-order valence-electron chi connectivity index (χ4n) is 3.07. The Hall–Kier alpha value is -3.17. The van der Waals surface area contributed by atoms with Gasteiger partial charge in [-0.1, -0.05) is 25.4 Å². The number of nitriles is 1. The molecular weight excluding hydrogens is 403 g/mol. The molecule has 0 amide bonds. The highest BCUT2D eigenvalue weighted by atomic mass is 35.5. The molecule has 7 heteroatoms. The van der Waals surface area contributed by atoms with E-state index in [2.05, 4.69) is 21.4 Å². The van der Waals surface area contributed by atoms with Gasteiger partial charge in [0, 0.05) is 28.2 Å². The molecule has 1 aromatic carbocycles. The third-order valence-electron chi connectivity index (χ3n) is 4.83. The van der Waals surface area contributed by atoms with E-state index in [4.69, 9.17) is 11.6 Å². The molecule has 5 nitrogen and oxygen atoms in total. The minimum absolute atomic E-state index is 0.00955. The Morgan fingerprint density at radius 2 is 1.93 bits per heavy atom. The van der Waals surface area contributed by atoms with Crippen molar-refractivity contribution in [2.24, 2.45) is 0 Å². The van der Waals surface area contributed by atoms with Crippen molar-refractivity contribution in [1.29, 1.82) is 5.26 Å². The molecule has 0 spiro atoms. The van der Waals surface area contributed by atoms with Crippen molar-refractivity contribution in [3.63, 3.8) is 0 Å². The van der Waals surface area contributed by atoms with Gasteiger partial charge in [0.05, 0.1) is 28.4 Å². The molecule has 0 atom stereocenters. The second-order valence-corrected chi connectivity index (χ2v) is 8.35. The van der Waals surface area contributed by atoms with E-state index in [-0.39, 0.29) is 17.0 Å². The number of anilines is 2. The number of nitrogens with one attached hydrogen (secondary N) is 2. The Balaban J connectivity index is 2.13. The van der Waals surface area contributed by atoms with Crippen LogP contribution in [0.15, 0.2) is 47.4 Å². The summed E-state index contributed by atoms with van der Waals surface area (Å²) in [6.45, 7) is 7.48. The van der Waals surface area contributed by atoms with Crippen molar-refractivity contribution in [2.45, 2.75) is 39.0 Å². The molecule has 0 saturated heterocycles. The lowest BCUT2D eigenvalue weighted by Crippen LogP contribution is -2.17. The summed E-state index contributed by atoms with van der Waals surface area (Å²) in [5.74, 6) is -0.523. The minimum Gasteiger partial charge on any atom is -0.354 e. The number of aromatic amines is 1. The van der Waals surface area contributed by atoms with Crippen LogP contribution in [0.2, 0.25) is 5.02 Å². The number of rotatable bonds is 5. The van der Waals surface area contributed by atoms with Gasteiger partial charge in [0.25, 0.3) is 5.56 Å². The number of pyridine rings is 2. The van der Waals surface area contributed by atoms with Gasteiger partial charge in [-0.05, 0) is 56.2 Å². The lowest BCUT2D eigenvalue weighted by molar-refractivity contribution is 0.631. The first-order chi connectivity index (χ1) is 14.1. The number of H-pyrrole nitrogens is 1. The zero-order valence-corrected chi connectivity index (χ0v) is 17.9. The standard InChI is InChI=1S/C23H22ClFN4O/c1-13(2)21-19(28-15-7-8-27-20(10-15)23(3,4)12-26)11-17(22(30)29-21)16-9-14(24)5-6-18(16)25/h5-11,13H,1-4H3,(H,27,28)(H,29,30). The number of hydrogen-bond acceptors (Lipinski definition) is 4. The fraction of sp³-hybridized carbons (Fsp3) is 0.261. The topological polar surface area (TPSA) is 81.6 Å². The quantitative estimate of drug-likeness (QED) is 0.534. The van der Waals surface area contributed by atoms with E-state index in [0.29, 0.717) is 27.8 Å². The SMILES string of the molecule is CC(C)c1[nH]c(=O)c(-c2cc(Cl)ccc2F)cc1Nc1ccnc(C(C)(C)C#N)c1. The molecule has 2 aromatic heterocycles. The summed E-state index contributed by atoms with van der Waals surface area (Å²) in [5, 5.41) is 13.0. The molecule has 2 N–H and O–H groups in total. The third kappa shape index (κ3) is 4.37. The van der Waals surface area contributed by atoms with Crippen LogP contribution in [-0.2, 0) is 5.41 Å². The maximum absolute atomic E-state index is 14.4. The highest BCUT2D eigenvalue weighted by Crippen LogP contribution is 2.31. The van der Waals surface area contributed by atoms with Crippen LogP contribution >= 0.6 is 11.6 Å². The van der Waals surface area contributed by atoms with E-state index >= 15 is 0 Å². The van der Waals surface area contributed by atoms with Crippen molar-refractivity contribution in [3.8, 4) is 17.2 Å². The lowest BCUT2D eigenvalue weighted by atomic mass is 9.90. The summed E-state index contributed by atoms with van der Waals surface area (Å²) < 4.78 is 14.4. The Kier molecular flexibility index (Phi) is 5.95. The second-order valence-electron chi connectivity index (χ2n) is 7.91. The average molecular weight is 425 g/mol. The summed E-state index contributed by atoms with van der Waals surface area (Å²) in [5.41, 5.74) is 1.79. The fourth-order valence-corrected chi connectivity index (χ4v) is 3.24. The summed E-state index contributed by atoms with van der Waals surface area (Å²) in [6.07, 6.45) is 1.62. The first-order valence-corrected chi connectivity index (χ1v) is 9.87. The van der Waals surface area contributed by atoms with E-state index in [1.807, 2.05) is 13.8 Å². The number of hydrogen-bond donors (Lipinski definition) is 2. The Bertz CT molecular complexity index is 1190. The van der Waals surface area contributed by atoms with Crippen molar-refractivity contribution in [2.75, 3.05) is 5.32 Å². The maximum Gasteiger partial charge on any atom is 0.256 e. The summed E-state index contributed by atoms with van der Waals surface area (Å²) in [7, 11) is 0. The lowest BCUT2D eigenvalue weighted by Gasteiger charge is -2.19. The molecule has 0 aliphatic heterocycles. The van der Waals surface area contributed by atoms with Crippen LogP contribution in [-0.4, -0.2) is 9.97 Å². The molecule has 3 rings (SSSR count). The smallest absolute Gasteiger partial charge is 0.256 e. The van der Waals surface area contributed by atoms with Gasteiger partial charge in [0.2, 0.25) is 0 Å². The van der Waals surface area contributed by atoms with Gasteiger partial charge in [-0.3, -0.25) is 9.78 Å². The van der Waals surface area contributed by atoms with E-state index < -0.39 is 16.8 Å². The Labute approximate surface area is 179 Å². The van der Waals surface area contributed by atoms with Gasteiger partial charge < -0.3 is 10.3 Å². The molecule has 0 aliphatic rings. The van der Waals surface area contributed by atoms with Crippen LogP contribution in [0.25, 0.3) is 11.1 Å². The number of halogens is 2. The first kappa shape index (κ1) is 21.5. The summed E-state index contributed by atoms with van der Waals surface area (Å²) >= 11 is 6.02. The maximum atomic E-state index is 14.4. The zero-order chi connectivity index (χ0) is 22.1. The molecule has 0 bridgehead atoms. The van der Waals surface area contributed by atoms with Gasteiger partial charge in [-0.25, -0.2) is 4.39 Å². The second kappa shape index (κ2) is 8.29. The van der Waals surface area contributed by atoms with Gasteiger partial charge >= 0.3 is 0 Å². The molecule has 3 aromatic rings. The van der Waals surface area contributed by atoms with Crippen molar-refractivity contribution in [1.82, 2.24) is 9.97 Å². The monoisotopic (exact) mass is 424 g/mol. The zero-order valence-electron chi connectivity index (χ0n) is 17.2. The van der Waals surface area contributed by atoms with Gasteiger partial charge in [-0.2, -0.15) is 5.26 Å². The molecule has 0 fully saturated rings. The average Bonchev–Trinajstić information content (AvgIpc) is 2.71. The van der Waals surface area contributed by atoms with Crippen LogP contribution in [0.5, 0.6) is 0 Å². The number of benzene rings is 1. The van der Waals surface area contributed by atoms with E-state index in [1.54, 1.807) is 38.2 Å². The van der Waals surface area contributed by atoms with Gasteiger partial charge in [0.15, 0.2) is 0 Å². The summed E-state index contributed by atoms with van der Waals surface area (Å²) in [6, 6.07) is 11.5. The summed E-state index contributed by atoms with van der Waals surface area (Å²) in [4.78, 5) is 19.9. The molecule has 0 aliphatic carbocycles. The van der Waals surface area contributed by atoms with Crippen LogP contribution in [0.4, 0.5) is 15.8 Å². The third-order valence-corrected chi connectivity index (χ3v) is 5.06. The highest BCUT2D eigenvalue weighted by molar-refractivity contribution is 6.30. The molecule has 0 saturated carbocycles. The molecule has 0 unspecified atom stereocenters. The minimum atomic E-state index is -0.751. The largest absolute Gasteiger partial charge is 0.354 e. The predicted molar refractivity (Wildman–Crippen MR) is 118 cm³/mol. The molecule has 154 valence electrons. The van der Waals surface area contributed by atoms with Crippen LogP contribution < -0.4 is 10.9 Å². The van der Waals surface area contributed by atoms with Crippen LogP contribution in [0, 0.1) is 17.1 Å². The van der Waals surface area contributed by atoms with Crippen molar-refractivity contribution in [3.05, 3.63) is 75.2 Å². The molecule has 2 heterocycles. The molecule has 0 radical (unpaired) electrons. The van der Waals surface area contributed by atoms with Gasteiger partial charge in [0.1, 0.15) is 5.82 Å². The van der Waals surface area contributed by atoms with Crippen LogP contribution in [0.3, 0.4) is 0 Å². The van der Waals surface area contributed by atoms with Crippen molar-refractivity contribution < 1.29 is 4.39 Å². The first-order valence-electron chi connectivity index (χ1n) is 9.50. The molecular formula is C23H22ClFN4O. The van der Waals surface area contributed by atoms with E-state index in [9.17, 15) is 14.4 Å². The number of nitrogens with zero attached hydrogens (tertiary/aromatic N) is 2. The molecule has 30 heavy (non-hydrogen) atoms. The van der Waals surface area contributed by atoms with Crippen LogP contribution in [0.1, 0.15) is 45.0 Å².